The number of rotatable bonds is 2. The van der Waals surface area contributed by atoms with Crippen LogP contribution >= 0.6 is 0 Å². The molecule has 94 valence electrons. The first-order valence-corrected chi connectivity index (χ1v) is 5.57. The van der Waals surface area contributed by atoms with E-state index >= 15 is 0 Å². The van der Waals surface area contributed by atoms with Gasteiger partial charge in [-0.15, -0.1) is 0 Å². The lowest BCUT2D eigenvalue weighted by Gasteiger charge is -2.16. The highest BCUT2D eigenvalue weighted by molar-refractivity contribution is 5.61. The fourth-order valence-electron chi connectivity index (χ4n) is 2.01. The molecule has 1 aromatic rings. The summed E-state index contributed by atoms with van der Waals surface area (Å²) in [4.78, 5) is 3.55. The SMILES string of the molecule is Nc1ccc(C(F)(F)F)nc1NC1CCCC1. The molecule has 1 fully saturated rings. The predicted octanol–water partition coefficient (Wildman–Crippen LogP) is 3.04. The Morgan fingerprint density at radius 3 is 2.47 bits per heavy atom. The number of pyridine rings is 1. The molecule has 0 radical (unpaired) electrons. The van der Waals surface area contributed by atoms with Crippen molar-refractivity contribution in [2.24, 2.45) is 0 Å². The van der Waals surface area contributed by atoms with Crippen molar-refractivity contribution in [2.45, 2.75) is 37.9 Å². The Labute approximate surface area is 97.2 Å². The Morgan fingerprint density at radius 2 is 1.88 bits per heavy atom. The first-order valence-electron chi connectivity index (χ1n) is 5.57. The molecule has 2 rings (SSSR count). The minimum Gasteiger partial charge on any atom is -0.396 e. The van der Waals surface area contributed by atoms with Gasteiger partial charge in [-0.25, -0.2) is 4.98 Å². The van der Waals surface area contributed by atoms with Gasteiger partial charge < -0.3 is 11.1 Å². The van der Waals surface area contributed by atoms with Crippen LogP contribution in [0.2, 0.25) is 0 Å². The molecular formula is C11H14F3N3. The lowest BCUT2D eigenvalue weighted by atomic mass is 10.2. The van der Waals surface area contributed by atoms with Crippen LogP contribution in [0, 0.1) is 0 Å². The minimum atomic E-state index is -4.43. The van der Waals surface area contributed by atoms with Crippen LogP contribution in [0.1, 0.15) is 31.4 Å². The topological polar surface area (TPSA) is 50.9 Å². The van der Waals surface area contributed by atoms with E-state index in [1.54, 1.807) is 0 Å². The van der Waals surface area contributed by atoms with Crippen molar-refractivity contribution in [3.8, 4) is 0 Å². The molecule has 1 aromatic heterocycles. The molecule has 3 N–H and O–H groups in total. The Kier molecular flexibility index (Phi) is 3.13. The van der Waals surface area contributed by atoms with Gasteiger partial charge in [-0.05, 0) is 25.0 Å². The van der Waals surface area contributed by atoms with Crippen molar-refractivity contribution in [1.29, 1.82) is 0 Å². The normalized spacial score (nSPS) is 17.4. The van der Waals surface area contributed by atoms with Crippen LogP contribution in [-0.2, 0) is 6.18 Å². The molecule has 0 bridgehead atoms. The predicted molar refractivity (Wildman–Crippen MR) is 59.5 cm³/mol. The second-order valence-corrected chi connectivity index (χ2v) is 4.26. The highest BCUT2D eigenvalue weighted by Gasteiger charge is 2.33. The quantitative estimate of drug-likeness (QED) is 0.842. The lowest BCUT2D eigenvalue weighted by molar-refractivity contribution is -0.141. The average molecular weight is 245 g/mol. The van der Waals surface area contributed by atoms with Gasteiger partial charge in [-0.2, -0.15) is 13.2 Å². The van der Waals surface area contributed by atoms with Crippen LogP contribution in [0.15, 0.2) is 12.1 Å². The fourth-order valence-corrected chi connectivity index (χ4v) is 2.01. The van der Waals surface area contributed by atoms with E-state index < -0.39 is 11.9 Å². The first-order chi connectivity index (χ1) is 7.97. The van der Waals surface area contributed by atoms with Crippen molar-refractivity contribution in [1.82, 2.24) is 4.98 Å². The average Bonchev–Trinajstić information content (AvgIpc) is 2.72. The Morgan fingerprint density at radius 1 is 1.24 bits per heavy atom. The van der Waals surface area contributed by atoms with Gasteiger partial charge in [0.25, 0.3) is 0 Å². The fraction of sp³-hybridized carbons (Fsp3) is 0.545. The number of nitrogens with zero attached hydrogens (tertiary/aromatic N) is 1. The highest BCUT2D eigenvalue weighted by atomic mass is 19.4. The molecule has 0 saturated heterocycles. The van der Waals surface area contributed by atoms with Gasteiger partial charge in [0.05, 0.1) is 5.69 Å². The van der Waals surface area contributed by atoms with Crippen LogP contribution in [0.3, 0.4) is 0 Å². The summed E-state index contributed by atoms with van der Waals surface area (Å²) in [5.74, 6) is 0.145. The molecular weight excluding hydrogens is 231 g/mol. The zero-order chi connectivity index (χ0) is 12.5. The maximum atomic E-state index is 12.5. The second-order valence-electron chi connectivity index (χ2n) is 4.26. The molecule has 1 heterocycles. The molecule has 0 unspecified atom stereocenters. The van der Waals surface area contributed by atoms with Gasteiger partial charge in [-0.3, -0.25) is 0 Å². The minimum absolute atomic E-state index is 0.145. The number of nitrogens with one attached hydrogen (secondary N) is 1. The van der Waals surface area contributed by atoms with Crippen LogP contribution in [0.4, 0.5) is 24.7 Å². The molecule has 0 atom stereocenters. The molecule has 1 aliphatic rings. The first kappa shape index (κ1) is 12.0. The van der Waals surface area contributed by atoms with Crippen molar-refractivity contribution in [2.75, 3.05) is 11.1 Å². The van der Waals surface area contributed by atoms with Crippen molar-refractivity contribution in [3.05, 3.63) is 17.8 Å². The second kappa shape index (κ2) is 4.43. The summed E-state index contributed by atoms with van der Waals surface area (Å²) in [7, 11) is 0. The Hall–Kier alpha value is -1.46. The third kappa shape index (κ3) is 2.81. The van der Waals surface area contributed by atoms with Gasteiger partial charge in [-0.1, -0.05) is 12.8 Å². The highest BCUT2D eigenvalue weighted by Crippen LogP contribution is 2.31. The van der Waals surface area contributed by atoms with Crippen LogP contribution in [0.25, 0.3) is 0 Å². The summed E-state index contributed by atoms with van der Waals surface area (Å²) in [5.41, 5.74) is 4.96. The molecule has 0 aliphatic heterocycles. The van der Waals surface area contributed by atoms with Gasteiger partial charge in [0.15, 0.2) is 0 Å². The van der Waals surface area contributed by atoms with E-state index in [9.17, 15) is 13.2 Å². The summed E-state index contributed by atoms with van der Waals surface area (Å²) in [6.07, 6.45) is -0.332. The van der Waals surface area contributed by atoms with E-state index in [1.807, 2.05) is 0 Å². The number of hydrogen-bond acceptors (Lipinski definition) is 3. The number of anilines is 2. The zero-order valence-electron chi connectivity index (χ0n) is 9.22. The standard InChI is InChI=1S/C11H14F3N3/c12-11(13,14)9-6-5-8(15)10(17-9)16-7-3-1-2-4-7/h5-7H,1-4,15H2,(H,16,17). The van der Waals surface area contributed by atoms with Gasteiger partial charge in [0.2, 0.25) is 0 Å². The van der Waals surface area contributed by atoms with Crippen LogP contribution in [-0.4, -0.2) is 11.0 Å². The summed E-state index contributed by atoms with van der Waals surface area (Å²) in [6.45, 7) is 0. The third-order valence-corrected chi connectivity index (χ3v) is 2.91. The van der Waals surface area contributed by atoms with Crippen molar-refractivity contribution >= 4 is 11.5 Å². The molecule has 17 heavy (non-hydrogen) atoms. The Bertz CT molecular complexity index is 397. The van der Waals surface area contributed by atoms with Crippen molar-refractivity contribution < 1.29 is 13.2 Å². The monoisotopic (exact) mass is 245 g/mol. The summed E-state index contributed by atoms with van der Waals surface area (Å²) in [6, 6.07) is 2.33. The summed E-state index contributed by atoms with van der Waals surface area (Å²) >= 11 is 0. The van der Waals surface area contributed by atoms with Crippen LogP contribution in [0.5, 0.6) is 0 Å². The van der Waals surface area contributed by atoms with Gasteiger partial charge in [0, 0.05) is 6.04 Å². The molecule has 6 heteroatoms. The van der Waals surface area contributed by atoms with E-state index in [2.05, 4.69) is 10.3 Å². The number of nitrogens with two attached hydrogens (primary N) is 1. The molecule has 0 spiro atoms. The van der Waals surface area contributed by atoms with Crippen LogP contribution < -0.4 is 11.1 Å². The molecule has 0 aromatic carbocycles. The maximum absolute atomic E-state index is 12.5. The maximum Gasteiger partial charge on any atom is 0.433 e. The number of nitrogen functional groups attached to an aromatic ring is 1. The largest absolute Gasteiger partial charge is 0.433 e. The molecule has 3 nitrogen and oxygen atoms in total. The zero-order valence-corrected chi connectivity index (χ0v) is 9.22. The van der Waals surface area contributed by atoms with Gasteiger partial charge in [0.1, 0.15) is 11.5 Å². The van der Waals surface area contributed by atoms with E-state index in [0.29, 0.717) is 0 Å². The van der Waals surface area contributed by atoms with E-state index in [1.165, 1.54) is 6.07 Å². The third-order valence-electron chi connectivity index (χ3n) is 2.91. The smallest absolute Gasteiger partial charge is 0.396 e. The number of alkyl halides is 3. The van der Waals surface area contributed by atoms with E-state index in [4.69, 9.17) is 5.73 Å². The number of halogens is 3. The lowest BCUT2D eigenvalue weighted by Crippen LogP contribution is -2.18. The number of hydrogen-bond donors (Lipinski definition) is 2. The molecule has 1 aliphatic carbocycles. The van der Waals surface area contributed by atoms with Gasteiger partial charge >= 0.3 is 6.18 Å². The summed E-state index contributed by atoms with van der Waals surface area (Å²) in [5, 5.41) is 2.99. The molecule has 0 amide bonds. The number of aromatic nitrogens is 1. The van der Waals surface area contributed by atoms with Crippen molar-refractivity contribution in [3.63, 3.8) is 0 Å². The van der Waals surface area contributed by atoms with E-state index in [0.717, 1.165) is 31.7 Å². The van der Waals surface area contributed by atoms with E-state index in [-0.39, 0.29) is 17.5 Å². The Balaban J connectivity index is 2.20. The molecule has 1 saturated carbocycles. The summed E-state index contributed by atoms with van der Waals surface area (Å²) < 4.78 is 37.4.